The highest BCUT2D eigenvalue weighted by Crippen LogP contribution is 2.18. The number of rotatable bonds is 1. The molecule has 0 saturated carbocycles. The van der Waals surface area contributed by atoms with Crippen molar-refractivity contribution in [3.8, 4) is 10.6 Å². The molecule has 5 heteroatoms. The van der Waals surface area contributed by atoms with E-state index in [2.05, 4.69) is 15.0 Å². The fourth-order valence-electron chi connectivity index (χ4n) is 0.861. The Morgan fingerprint density at radius 2 is 2.42 bits per heavy atom. The van der Waals surface area contributed by atoms with Gasteiger partial charge in [0.2, 0.25) is 0 Å². The second-order valence-electron chi connectivity index (χ2n) is 2.15. The standard InChI is InChI=1S/C7H5N3OS/c11-7-9-2-1-5(10-7)6-3-8-4-12-6/h1-4H,(H,9,10,11). The lowest BCUT2D eigenvalue weighted by Crippen LogP contribution is -2.08. The molecular formula is C7H5N3OS. The molecule has 2 aromatic heterocycles. The van der Waals surface area contributed by atoms with Crippen molar-refractivity contribution < 1.29 is 0 Å². The van der Waals surface area contributed by atoms with Crippen molar-refractivity contribution >= 4 is 11.3 Å². The first-order chi connectivity index (χ1) is 5.86. The molecule has 0 aliphatic carbocycles. The second kappa shape index (κ2) is 2.86. The molecule has 0 atom stereocenters. The van der Waals surface area contributed by atoms with E-state index >= 15 is 0 Å². The van der Waals surface area contributed by atoms with E-state index in [1.165, 1.54) is 17.5 Å². The van der Waals surface area contributed by atoms with Gasteiger partial charge in [0, 0.05) is 12.4 Å². The highest BCUT2D eigenvalue weighted by Gasteiger charge is 1.98. The van der Waals surface area contributed by atoms with Crippen LogP contribution in [-0.4, -0.2) is 15.0 Å². The van der Waals surface area contributed by atoms with E-state index in [1.54, 1.807) is 17.8 Å². The number of aromatic amines is 1. The number of H-pyrrole nitrogens is 1. The van der Waals surface area contributed by atoms with Crippen LogP contribution in [-0.2, 0) is 0 Å². The van der Waals surface area contributed by atoms with Crippen molar-refractivity contribution in [3.05, 3.63) is 34.5 Å². The largest absolute Gasteiger partial charge is 0.345 e. The van der Waals surface area contributed by atoms with Gasteiger partial charge >= 0.3 is 5.69 Å². The first-order valence-corrected chi connectivity index (χ1v) is 4.18. The van der Waals surface area contributed by atoms with Gasteiger partial charge in [-0.3, -0.25) is 4.98 Å². The highest BCUT2D eigenvalue weighted by molar-refractivity contribution is 7.13. The van der Waals surface area contributed by atoms with Gasteiger partial charge in [-0.2, -0.15) is 0 Å². The molecule has 0 amide bonds. The number of thiazole rings is 1. The maximum Gasteiger partial charge on any atom is 0.345 e. The molecule has 2 rings (SSSR count). The monoisotopic (exact) mass is 179 g/mol. The van der Waals surface area contributed by atoms with Crippen LogP contribution in [0.3, 0.4) is 0 Å². The fourth-order valence-corrected chi connectivity index (χ4v) is 1.46. The van der Waals surface area contributed by atoms with Crippen LogP contribution < -0.4 is 5.69 Å². The van der Waals surface area contributed by atoms with Gasteiger partial charge in [0.1, 0.15) is 0 Å². The van der Waals surface area contributed by atoms with Crippen LogP contribution in [0.25, 0.3) is 10.6 Å². The predicted molar refractivity (Wildman–Crippen MR) is 46.0 cm³/mol. The summed E-state index contributed by atoms with van der Waals surface area (Å²) in [7, 11) is 0. The van der Waals surface area contributed by atoms with Crippen molar-refractivity contribution in [2.75, 3.05) is 0 Å². The summed E-state index contributed by atoms with van der Waals surface area (Å²) in [5.74, 6) is 0. The van der Waals surface area contributed by atoms with Gasteiger partial charge in [0.25, 0.3) is 0 Å². The van der Waals surface area contributed by atoms with E-state index in [0.29, 0.717) is 0 Å². The SMILES string of the molecule is O=c1nccc(-c2cncs2)[nH]1. The summed E-state index contributed by atoms with van der Waals surface area (Å²) < 4.78 is 0. The van der Waals surface area contributed by atoms with Gasteiger partial charge in [-0.15, -0.1) is 11.3 Å². The Kier molecular flexibility index (Phi) is 1.71. The molecule has 0 saturated heterocycles. The summed E-state index contributed by atoms with van der Waals surface area (Å²) in [6.07, 6.45) is 3.18. The number of aromatic nitrogens is 3. The van der Waals surface area contributed by atoms with E-state index in [0.717, 1.165) is 10.6 Å². The van der Waals surface area contributed by atoms with Crippen molar-refractivity contribution in [1.82, 2.24) is 15.0 Å². The molecule has 1 N–H and O–H groups in total. The van der Waals surface area contributed by atoms with Crippen LogP contribution in [0.15, 0.2) is 28.8 Å². The van der Waals surface area contributed by atoms with Crippen LogP contribution >= 0.6 is 11.3 Å². The topological polar surface area (TPSA) is 58.6 Å². The number of hydrogen-bond acceptors (Lipinski definition) is 4. The Morgan fingerprint density at radius 3 is 3.08 bits per heavy atom. The van der Waals surface area contributed by atoms with E-state index in [4.69, 9.17) is 0 Å². The third-order valence-electron chi connectivity index (χ3n) is 1.37. The van der Waals surface area contributed by atoms with Crippen molar-refractivity contribution in [2.24, 2.45) is 0 Å². The lowest BCUT2D eigenvalue weighted by atomic mass is 10.4. The molecule has 0 aromatic carbocycles. The zero-order valence-electron chi connectivity index (χ0n) is 6.02. The first-order valence-electron chi connectivity index (χ1n) is 3.30. The lowest BCUT2D eigenvalue weighted by Gasteiger charge is -1.92. The van der Waals surface area contributed by atoms with E-state index in [1.807, 2.05) is 0 Å². The third kappa shape index (κ3) is 1.26. The number of nitrogens with zero attached hydrogens (tertiary/aromatic N) is 2. The fraction of sp³-hybridized carbons (Fsp3) is 0. The van der Waals surface area contributed by atoms with Gasteiger partial charge in [0.05, 0.1) is 16.1 Å². The molecule has 0 aliphatic heterocycles. The van der Waals surface area contributed by atoms with Crippen LogP contribution in [0.5, 0.6) is 0 Å². The molecule has 0 aliphatic rings. The minimum absolute atomic E-state index is 0.332. The smallest absolute Gasteiger partial charge is 0.305 e. The average molecular weight is 179 g/mol. The summed E-state index contributed by atoms with van der Waals surface area (Å²) in [5.41, 5.74) is 2.15. The lowest BCUT2D eigenvalue weighted by molar-refractivity contribution is 1.08. The zero-order chi connectivity index (χ0) is 8.39. The Balaban J connectivity index is 2.55. The van der Waals surface area contributed by atoms with E-state index in [9.17, 15) is 4.79 Å². The quantitative estimate of drug-likeness (QED) is 0.707. The molecule has 60 valence electrons. The maximum absolute atomic E-state index is 10.8. The van der Waals surface area contributed by atoms with E-state index < -0.39 is 0 Å². The first kappa shape index (κ1) is 7.17. The molecule has 0 bridgehead atoms. The molecule has 0 unspecified atom stereocenters. The second-order valence-corrected chi connectivity index (χ2v) is 3.04. The summed E-state index contributed by atoms with van der Waals surface area (Å²) in [6, 6.07) is 1.74. The van der Waals surface area contributed by atoms with Gasteiger partial charge in [0.15, 0.2) is 0 Å². The maximum atomic E-state index is 10.8. The van der Waals surface area contributed by atoms with Crippen LogP contribution in [0.1, 0.15) is 0 Å². The minimum Gasteiger partial charge on any atom is -0.305 e. The summed E-state index contributed by atoms with van der Waals surface area (Å²) in [6.45, 7) is 0. The van der Waals surface area contributed by atoms with E-state index in [-0.39, 0.29) is 5.69 Å². The van der Waals surface area contributed by atoms with Gasteiger partial charge in [-0.1, -0.05) is 0 Å². The van der Waals surface area contributed by atoms with Crippen LogP contribution in [0.4, 0.5) is 0 Å². The number of nitrogens with one attached hydrogen (secondary N) is 1. The summed E-state index contributed by atoms with van der Waals surface area (Å²) >= 11 is 1.48. The van der Waals surface area contributed by atoms with Crippen LogP contribution in [0.2, 0.25) is 0 Å². The summed E-state index contributed by atoms with van der Waals surface area (Å²) in [5, 5.41) is 0. The molecular weight excluding hydrogens is 174 g/mol. The molecule has 4 nitrogen and oxygen atoms in total. The third-order valence-corrected chi connectivity index (χ3v) is 2.18. The molecule has 0 spiro atoms. The highest BCUT2D eigenvalue weighted by atomic mass is 32.1. The average Bonchev–Trinajstić information content (AvgIpc) is 2.56. The van der Waals surface area contributed by atoms with Crippen molar-refractivity contribution in [2.45, 2.75) is 0 Å². The molecule has 0 radical (unpaired) electrons. The minimum atomic E-state index is -0.332. The van der Waals surface area contributed by atoms with Gasteiger partial charge in [-0.25, -0.2) is 9.78 Å². The summed E-state index contributed by atoms with van der Waals surface area (Å²) in [4.78, 5) is 21.8. The van der Waals surface area contributed by atoms with Gasteiger partial charge in [-0.05, 0) is 6.07 Å². The Labute approximate surface area is 71.9 Å². The Bertz CT molecular complexity index is 420. The Morgan fingerprint density at radius 1 is 1.50 bits per heavy atom. The Hall–Kier alpha value is -1.49. The molecule has 0 fully saturated rings. The molecule has 2 heterocycles. The number of hydrogen-bond donors (Lipinski definition) is 1. The predicted octanol–water partition coefficient (Wildman–Crippen LogP) is 0.893. The van der Waals surface area contributed by atoms with Crippen molar-refractivity contribution in [3.63, 3.8) is 0 Å². The normalized spacial score (nSPS) is 10.0. The van der Waals surface area contributed by atoms with Gasteiger partial charge < -0.3 is 4.98 Å². The van der Waals surface area contributed by atoms with Crippen LogP contribution in [0, 0.1) is 0 Å². The van der Waals surface area contributed by atoms with Crippen molar-refractivity contribution in [1.29, 1.82) is 0 Å². The zero-order valence-corrected chi connectivity index (χ0v) is 6.84. The molecule has 2 aromatic rings. The molecule has 12 heavy (non-hydrogen) atoms.